The van der Waals surface area contributed by atoms with E-state index in [0.717, 1.165) is 36.5 Å². The summed E-state index contributed by atoms with van der Waals surface area (Å²) < 4.78 is 0. The number of hydrogen-bond acceptors (Lipinski definition) is 1. The average molecular weight is 286 g/mol. The number of fused-ring (bicyclic) bond motifs is 5. The molecule has 0 saturated heterocycles. The van der Waals surface area contributed by atoms with Crippen molar-refractivity contribution < 1.29 is 4.79 Å². The summed E-state index contributed by atoms with van der Waals surface area (Å²) in [5.41, 5.74) is 2.47. The minimum atomic E-state index is 0.351. The van der Waals surface area contributed by atoms with Crippen LogP contribution in [0.15, 0.2) is 11.6 Å². The molecule has 116 valence electrons. The van der Waals surface area contributed by atoms with E-state index in [0.29, 0.717) is 16.6 Å². The fraction of sp³-hybridized carbons (Fsp3) is 0.850. The lowest BCUT2D eigenvalue weighted by molar-refractivity contribution is -0.117. The molecule has 4 rings (SSSR count). The lowest BCUT2D eigenvalue weighted by Gasteiger charge is -2.58. The highest BCUT2D eigenvalue weighted by molar-refractivity contribution is 5.91. The van der Waals surface area contributed by atoms with Gasteiger partial charge in [-0.15, -0.1) is 0 Å². The molecule has 1 nitrogen and oxygen atoms in total. The molecule has 0 aromatic rings. The highest BCUT2D eigenvalue weighted by atomic mass is 16.1. The summed E-state index contributed by atoms with van der Waals surface area (Å²) in [6, 6.07) is 0. The number of allylic oxidation sites excluding steroid dienone is 1. The van der Waals surface area contributed by atoms with Gasteiger partial charge in [-0.05, 0) is 85.5 Å². The molecular formula is C20H30O. The van der Waals surface area contributed by atoms with E-state index < -0.39 is 0 Å². The zero-order valence-electron chi connectivity index (χ0n) is 14.0. The third kappa shape index (κ3) is 1.79. The van der Waals surface area contributed by atoms with Gasteiger partial charge in [0.05, 0.1) is 0 Å². The lowest BCUT2D eigenvalue weighted by atomic mass is 9.47. The van der Waals surface area contributed by atoms with Crippen LogP contribution < -0.4 is 0 Å². The van der Waals surface area contributed by atoms with Gasteiger partial charge in [0.15, 0.2) is 5.78 Å². The highest BCUT2D eigenvalue weighted by Gasteiger charge is 2.57. The van der Waals surface area contributed by atoms with Gasteiger partial charge in [-0.1, -0.05) is 26.3 Å². The Labute approximate surface area is 129 Å². The largest absolute Gasteiger partial charge is 0.295 e. The van der Waals surface area contributed by atoms with E-state index in [2.05, 4.69) is 20.8 Å². The number of carbonyl (C=O) groups is 1. The molecule has 0 N–H and O–H groups in total. The summed E-state index contributed by atoms with van der Waals surface area (Å²) in [6.45, 7) is 7.57. The van der Waals surface area contributed by atoms with E-state index in [1.807, 2.05) is 6.08 Å². The van der Waals surface area contributed by atoms with Crippen molar-refractivity contribution in [1.82, 2.24) is 0 Å². The van der Waals surface area contributed by atoms with Crippen molar-refractivity contribution in [3.05, 3.63) is 11.6 Å². The van der Waals surface area contributed by atoms with Gasteiger partial charge in [-0.25, -0.2) is 0 Å². The molecule has 0 heterocycles. The molecule has 3 fully saturated rings. The second-order valence-electron chi connectivity index (χ2n) is 8.99. The quantitative estimate of drug-likeness (QED) is 0.601. The first kappa shape index (κ1) is 14.0. The summed E-state index contributed by atoms with van der Waals surface area (Å²) in [5, 5.41) is 0. The molecule has 4 aliphatic rings. The smallest absolute Gasteiger partial charge is 0.155 e. The fourth-order valence-corrected chi connectivity index (χ4v) is 6.82. The van der Waals surface area contributed by atoms with Crippen molar-refractivity contribution in [1.29, 1.82) is 0 Å². The first-order valence-electron chi connectivity index (χ1n) is 9.19. The maximum absolute atomic E-state index is 11.8. The summed E-state index contributed by atoms with van der Waals surface area (Å²) in [5.74, 6) is 4.05. The van der Waals surface area contributed by atoms with Gasteiger partial charge in [-0.2, -0.15) is 0 Å². The van der Waals surface area contributed by atoms with Crippen LogP contribution in [-0.2, 0) is 4.79 Å². The molecule has 0 aromatic carbocycles. The number of rotatable bonds is 0. The van der Waals surface area contributed by atoms with Gasteiger partial charge in [0, 0.05) is 6.42 Å². The van der Waals surface area contributed by atoms with Crippen LogP contribution in [-0.4, -0.2) is 5.78 Å². The van der Waals surface area contributed by atoms with Crippen LogP contribution in [0, 0.1) is 34.5 Å². The molecule has 0 bridgehead atoms. The summed E-state index contributed by atoms with van der Waals surface area (Å²) in [4.78, 5) is 11.8. The molecule has 0 amide bonds. The van der Waals surface area contributed by atoms with Crippen molar-refractivity contribution in [3.8, 4) is 0 Å². The van der Waals surface area contributed by atoms with Gasteiger partial charge >= 0.3 is 0 Å². The van der Waals surface area contributed by atoms with E-state index in [-0.39, 0.29) is 0 Å². The maximum Gasteiger partial charge on any atom is 0.155 e. The molecule has 21 heavy (non-hydrogen) atoms. The Balaban J connectivity index is 1.69. The molecule has 0 radical (unpaired) electrons. The molecule has 0 aliphatic heterocycles. The summed E-state index contributed by atoms with van der Waals surface area (Å²) in [6.07, 6.45) is 12.2. The third-order valence-corrected chi connectivity index (χ3v) is 8.44. The van der Waals surface area contributed by atoms with Crippen LogP contribution in [0.4, 0.5) is 0 Å². The minimum Gasteiger partial charge on any atom is -0.295 e. The summed E-state index contributed by atoms with van der Waals surface area (Å²) >= 11 is 0. The molecule has 1 unspecified atom stereocenters. The number of carbonyl (C=O) groups excluding carboxylic acids is 1. The Kier molecular flexibility index (Phi) is 2.98. The molecular weight excluding hydrogens is 256 g/mol. The molecule has 1 heteroatoms. The molecule has 3 saturated carbocycles. The molecule has 0 aromatic heterocycles. The van der Waals surface area contributed by atoms with Crippen LogP contribution >= 0.6 is 0 Å². The van der Waals surface area contributed by atoms with Crippen molar-refractivity contribution in [2.24, 2.45) is 34.5 Å². The second-order valence-corrected chi connectivity index (χ2v) is 8.99. The maximum atomic E-state index is 11.8. The Hall–Kier alpha value is -0.590. The topological polar surface area (TPSA) is 17.1 Å². The van der Waals surface area contributed by atoms with Crippen LogP contribution in [0.5, 0.6) is 0 Å². The number of hydrogen-bond donors (Lipinski definition) is 0. The Bertz CT molecular complexity index is 504. The van der Waals surface area contributed by atoms with Crippen LogP contribution in [0.3, 0.4) is 0 Å². The first-order valence-corrected chi connectivity index (χ1v) is 9.19. The van der Waals surface area contributed by atoms with Gasteiger partial charge in [0.25, 0.3) is 0 Å². The van der Waals surface area contributed by atoms with Crippen molar-refractivity contribution in [2.75, 3.05) is 0 Å². The van der Waals surface area contributed by atoms with Crippen molar-refractivity contribution >= 4 is 5.78 Å². The zero-order valence-corrected chi connectivity index (χ0v) is 14.0. The predicted molar refractivity (Wildman–Crippen MR) is 85.9 cm³/mol. The first-order chi connectivity index (χ1) is 9.95. The standard InChI is InChI=1S/C20H30O/c1-13-4-7-17-16-6-5-14-12-15(21)8-10-20(14,3)18(16)9-11-19(13,17)2/h12-13,16-18H,4-11H2,1-3H3/t13-,16-,17-,18?,19+,20-/m0/s1. The average Bonchev–Trinajstić information content (AvgIpc) is 2.76. The number of ketones is 1. The molecule has 0 spiro atoms. The minimum absolute atomic E-state index is 0.351. The molecule has 4 aliphatic carbocycles. The van der Waals surface area contributed by atoms with Crippen molar-refractivity contribution in [2.45, 2.75) is 72.1 Å². The van der Waals surface area contributed by atoms with E-state index in [4.69, 9.17) is 0 Å². The predicted octanol–water partition coefficient (Wildman–Crippen LogP) is 5.15. The highest BCUT2D eigenvalue weighted by Crippen LogP contribution is 2.66. The Morgan fingerprint density at radius 1 is 1.00 bits per heavy atom. The lowest BCUT2D eigenvalue weighted by Crippen LogP contribution is -2.50. The SMILES string of the molecule is C[C@H]1CC[C@H]2[C@@H]3CCC4=CC(=O)CC[C@]4(C)C3CC[C@]12C. The Morgan fingerprint density at radius 3 is 2.62 bits per heavy atom. The van der Waals surface area contributed by atoms with Crippen LogP contribution in [0.2, 0.25) is 0 Å². The van der Waals surface area contributed by atoms with E-state index >= 15 is 0 Å². The van der Waals surface area contributed by atoms with E-state index in [9.17, 15) is 4.79 Å². The van der Waals surface area contributed by atoms with Gasteiger partial charge in [0.1, 0.15) is 0 Å². The van der Waals surface area contributed by atoms with E-state index in [1.165, 1.54) is 44.1 Å². The molecule has 6 atom stereocenters. The fourth-order valence-electron chi connectivity index (χ4n) is 6.82. The van der Waals surface area contributed by atoms with Crippen LogP contribution in [0.25, 0.3) is 0 Å². The summed E-state index contributed by atoms with van der Waals surface area (Å²) in [7, 11) is 0. The Morgan fingerprint density at radius 2 is 1.81 bits per heavy atom. The monoisotopic (exact) mass is 286 g/mol. The third-order valence-electron chi connectivity index (χ3n) is 8.44. The zero-order chi connectivity index (χ0) is 14.8. The van der Waals surface area contributed by atoms with E-state index in [1.54, 1.807) is 0 Å². The van der Waals surface area contributed by atoms with Crippen molar-refractivity contribution in [3.63, 3.8) is 0 Å². The normalized spacial score (nSPS) is 52.7. The van der Waals surface area contributed by atoms with Gasteiger partial charge in [0.2, 0.25) is 0 Å². The second kappa shape index (κ2) is 4.46. The van der Waals surface area contributed by atoms with Crippen LogP contribution in [0.1, 0.15) is 72.1 Å². The van der Waals surface area contributed by atoms with Gasteiger partial charge in [-0.3, -0.25) is 4.79 Å². The van der Waals surface area contributed by atoms with Gasteiger partial charge < -0.3 is 0 Å².